The molecule has 6 aliphatic heterocycles. The van der Waals surface area contributed by atoms with Gasteiger partial charge in [0.1, 0.15) is 0 Å². The van der Waals surface area contributed by atoms with Gasteiger partial charge >= 0.3 is 0 Å². The molecule has 9 rings (SSSR count). The molecule has 3 saturated heterocycles. The lowest BCUT2D eigenvalue weighted by Crippen LogP contribution is -2.34. The van der Waals surface area contributed by atoms with Gasteiger partial charge in [-0.3, -0.25) is 0 Å². The molecule has 0 radical (unpaired) electrons. The number of hydrogen-bond acceptors (Lipinski definition) is 9. The van der Waals surface area contributed by atoms with Crippen LogP contribution in [0.3, 0.4) is 0 Å². The Bertz CT molecular complexity index is 1860. The smallest absolute Gasteiger partial charge is 0.0407 e. The van der Waals surface area contributed by atoms with E-state index in [0.29, 0.717) is 35.9 Å². The maximum Gasteiger partial charge on any atom is 0.0407 e. The van der Waals surface area contributed by atoms with Crippen LogP contribution in [0, 0.1) is 35.5 Å². The van der Waals surface area contributed by atoms with E-state index < -0.39 is 0 Å². The molecule has 0 spiro atoms. The molecular formula is C87H177N9. The molecule has 3 fully saturated rings. The number of benzene rings is 3. The predicted octanol–water partition coefficient (Wildman–Crippen LogP) is 22.9. The Morgan fingerprint density at radius 2 is 0.365 bits per heavy atom. The molecule has 15 atom stereocenters. The zero-order valence-electron chi connectivity index (χ0n) is 73.1. The first kappa shape index (κ1) is 104. The van der Waals surface area contributed by atoms with E-state index in [2.05, 4.69) is 325 Å². The Labute approximate surface area is 607 Å². The molecule has 6 aliphatic rings. The highest BCUT2D eigenvalue weighted by molar-refractivity contribution is 5.66. The molecule has 0 aromatic heterocycles. The lowest BCUT2D eigenvalue weighted by atomic mass is 9.83. The lowest BCUT2D eigenvalue weighted by Gasteiger charge is -2.27. The number of fused-ring (bicyclic) bond motifs is 9. The fraction of sp³-hybridized carbons (Fsp3) is 0.793. The van der Waals surface area contributed by atoms with E-state index in [4.69, 9.17) is 0 Å². The third kappa shape index (κ3) is 32.6. The van der Waals surface area contributed by atoms with Gasteiger partial charge in [-0.2, -0.15) is 0 Å². The highest BCUT2D eigenvalue weighted by Crippen LogP contribution is 2.54. The SMILES string of the molecule is CC.CC.CC.CC.CC.CC.CCN(C)CC.CCN(C)CC.CCN(C)CC.CCN(C)CC.CCN(C)CC.CCN(C)CC.C[C@H]1[C@@H](C)C2[C@@H](C)c3ccccc3N2[C@H]1C.C[C@H]1[C@@H](C)C2[C@@H](C)c3ccccc3N2[C@H]1C.C[C@H]1[C@@H](C)C2[C@@H](C)c3ccccc3N2[C@H]1C. The van der Waals surface area contributed by atoms with E-state index in [1.807, 2.05) is 83.1 Å². The largest absolute Gasteiger partial charge is 0.364 e. The number of rotatable bonds is 12. The van der Waals surface area contributed by atoms with E-state index >= 15 is 0 Å². The van der Waals surface area contributed by atoms with Crippen molar-refractivity contribution in [2.24, 2.45) is 35.5 Å². The van der Waals surface area contributed by atoms with E-state index in [9.17, 15) is 0 Å². The average molecular weight is 1350 g/mol. The zero-order valence-corrected chi connectivity index (χ0v) is 73.1. The summed E-state index contributed by atoms with van der Waals surface area (Å²) in [5.74, 6) is 6.91. The molecular weight excluding hydrogens is 1170 g/mol. The van der Waals surface area contributed by atoms with Crippen LogP contribution >= 0.6 is 0 Å². The first-order valence-electron chi connectivity index (χ1n) is 40.5. The molecule has 96 heavy (non-hydrogen) atoms. The molecule has 0 aliphatic carbocycles. The maximum absolute atomic E-state index is 2.68. The first-order valence-corrected chi connectivity index (χ1v) is 40.5. The van der Waals surface area contributed by atoms with Crippen LogP contribution in [0.4, 0.5) is 17.1 Å². The zero-order chi connectivity index (χ0) is 76.3. The summed E-state index contributed by atoms with van der Waals surface area (Å²) >= 11 is 0. The fourth-order valence-electron chi connectivity index (χ4n) is 13.0. The second-order valence-corrected chi connectivity index (χ2v) is 26.0. The third-order valence-corrected chi connectivity index (χ3v) is 21.8. The first-order chi connectivity index (χ1) is 45.7. The number of nitrogens with zero attached hydrogens (tertiary/aromatic N) is 9. The summed E-state index contributed by atoms with van der Waals surface area (Å²) in [6.45, 7) is 92.7. The van der Waals surface area contributed by atoms with Gasteiger partial charge in [0.05, 0.1) is 0 Å². The standard InChI is InChI=1S/3C15H21N.6C5H13N.6C2H6/c3*1-9-10(2)15-11(3)13-7-5-6-8-14(13)16(15)12(9)4;6*1-4-6(3)5-2;6*1-2/h3*5-12,15H,1-4H3;6*4-5H2,1-3H3;6*1-2H3/t3*9-,10+,11-,12-,15?;;;;;;;;;;;;/m000............/s1. The van der Waals surface area contributed by atoms with Crippen LogP contribution in [0.2, 0.25) is 0 Å². The molecule has 3 unspecified atom stereocenters. The predicted molar refractivity (Wildman–Crippen MR) is 448 cm³/mol. The van der Waals surface area contributed by atoms with Crippen LogP contribution in [0.5, 0.6) is 0 Å². The Balaban J connectivity index is -0.000000241. The third-order valence-electron chi connectivity index (χ3n) is 21.8. The second kappa shape index (κ2) is 61.7. The summed E-state index contributed by atoms with van der Waals surface area (Å²) in [6, 6.07) is 31.1. The van der Waals surface area contributed by atoms with Crippen LogP contribution in [-0.2, 0) is 0 Å². The van der Waals surface area contributed by atoms with Gasteiger partial charge in [0.25, 0.3) is 0 Å². The van der Waals surface area contributed by atoms with E-state index in [-0.39, 0.29) is 0 Å². The van der Waals surface area contributed by atoms with Crippen molar-refractivity contribution in [3.8, 4) is 0 Å². The molecule has 0 N–H and O–H groups in total. The molecule has 0 bridgehead atoms. The topological polar surface area (TPSA) is 29.2 Å². The monoisotopic (exact) mass is 1350 g/mol. The van der Waals surface area contributed by atoms with Crippen LogP contribution in [-0.4, -0.2) is 186 Å². The van der Waals surface area contributed by atoms with Crippen molar-refractivity contribution in [3.05, 3.63) is 89.5 Å². The molecule has 570 valence electrons. The Kier molecular flexibility index (Phi) is 66.7. The van der Waals surface area contributed by atoms with Crippen LogP contribution in [0.15, 0.2) is 72.8 Å². The summed E-state index contributed by atoms with van der Waals surface area (Å²) in [5.41, 5.74) is 9.13. The quantitative estimate of drug-likeness (QED) is 0.176. The molecule has 9 heteroatoms. The van der Waals surface area contributed by atoms with Crippen molar-refractivity contribution in [2.75, 3.05) is 136 Å². The highest BCUT2D eigenvalue weighted by Gasteiger charge is 2.52. The van der Waals surface area contributed by atoms with Crippen molar-refractivity contribution in [1.82, 2.24) is 29.4 Å². The molecule has 9 nitrogen and oxygen atoms in total. The average Bonchev–Trinajstić information content (AvgIpc) is 1.60. The fourth-order valence-corrected chi connectivity index (χ4v) is 13.0. The van der Waals surface area contributed by atoms with Crippen molar-refractivity contribution in [3.63, 3.8) is 0 Å². The van der Waals surface area contributed by atoms with Gasteiger partial charge in [-0.1, -0.05) is 283 Å². The highest BCUT2D eigenvalue weighted by atomic mass is 15.3. The van der Waals surface area contributed by atoms with Crippen LogP contribution in [0.1, 0.15) is 284 Å². The summed E-state index contributed by atoms with van der Waals surface area (Å²) in [6.07, 6.45) is 0. The van der Waals surface area contributed by atoms with Crippen LogP contribution in [0.25, 0.3) is 0 Å². The van der Waals surface area contributed by atoms with Gasteiger partial charge in [0, 0.05) is 71.1 Å². The van der Waals surface area contributed by atoms with Gasteiger partial charge < -0.3 is 44.1 Å². The maximum atomic E-state index is 2.68. The van der Waals surface area contributed by atoms with E-state index in [0.717, 1.165) is 132 Å². The van der Waals surface area contributed by atoms with Crippen molar-refractivity contribution in [1.29, 1.82) is 0 Å². The van der Waals surface area contributed by atoms with E-state index in [1.54, 1.807) is 16.7 Å². The molecule has 3 aromatic rings. The van der Waals surface area contributed by atoms with Crippen molar-refractivity contribution < 1.29 is 0 Å². The summed E-state index contributed by atoms with van der Waals surface area (Å²) in [5, 5.41) is 0. The van der Waals surface area contributed by atoms with E-state index in [1.165, 1.54) is 17.1 Å². The Hall–Kier alpha value is -3.18. The van der Waals surface area contributed by atoms with Crippen LogP contribution < -0.4 is 14.7 Å². The Morgan fingerprint density at radius 3 is 0.490 bits per heavy atom. The molecule has 3 aromatic carbocycles. The Morgan fingerprint density at radius 1 is 0.229 bits per heavy atom. The number of hydrogen-bond donors (Lipinski definition) is 0. The summed E-state index contributed by atoms with van der Waals surface area (Å²) in [4.78, 5) is 21.5. The van der Waals surface area contributed by atoms with Crippen molar-refractivity contribution >= 4 is 17.1 Å². The minimum absolute atomic E-state index is 0.686. The lowest BCUT2D eigenvalue weighted by molar-refractivity contribution is 0.373. The normalized spacial score (nSPS) is 24.6. The number of para-hydroxylation sites is 3. The molecule has 6 heterocycles. The van der Waals surface area contributed by atoms with Gasteiger partial charge in [0.2, 0.25) is 0 Å². The van der Waals surface area contributed by atoms with Gasteiger partial charge in [-0.25, -0.2) is 0 Å². The molecule has 0 amide bonds. The van der Waals surface area contributed by atoms with Gasteiger partial charge in [-0.15, -0.1) is 0 Å². The minimum Gasteiger partial charge on any atom is -0.364 e. The minimum atomic E-state index is 0.686. The van der Waals surface area contributed by atoms with Gasteiger partial charge in [-0.05, 0) is 212 Å². The summed E-state index contributed by atoms with van der Waals surface area (Å²) in [7, 11) is 12.7. The second-order valence-electron chi connectivity index (χ2n) is 26.0. The summed E-state index contributed by atoms with van der Waals surface area (Å²) < 4.78 is 0. The number of anilines is 3. The molecule has 0 saturated carbocycles. The van der Waals surface area contributed by atoms with Gasteiger partial charge in [0.15, 0.2) is 0 Å². The van der Waals surface area contributed by atoms with Crippen molar-refractivity contribution in [2.45, 2.75) is 303 Å².